The van der Waals surface area contributed by atoms with Crippen LogP contribution in [0.15, 0.2) is 0 Å². The minimum atomic E-state index is -1.72. The molecule has 0 radical (unpaired) electrons. The summed E-state index contributed by atoms with van der Waals surface area (Å²) in [5.74, 6) is -1.46. The van der Waals surface area contributed by atoms with Gasteiger partial charge in [0.1, 0.15) is 5.00 Å². The molecule has 42 valence electrons. The number of alkyl halides is 1. The second kappa shape index (κ2) is 3.69. The van der Waals surface area contributed by atoms with E-state index in [2.05, 4.69) is 0 Å². The van der Waals surface area contributed by atoms with Gasteiger partial charge in [-0.2, -0.15) is 0 Å². The zero-order valence-electron chi connectivity index (χ0n) is 4.77. The second-order valence-corrected chi connectivity index (χ2v) is 2.15. The van der Waals surface area contributed by atoms with Crippen LogP contribution in [-0.4, -0.2) is 11.0 Å². The summed E-state index contributed by atoms with van der Waals surface area (Å²) in [6.07, 6.45) is 0. The molecular formula is C3H5ClNNaO2. The van der Waals surface area contributed by atoms with E-state index in [-0.39, 0.29) is 29.6 Å². The number of aliphatic carboxylic acids is 1. The average Bonchev–Trinajstić information content (AvgIpc) is 1.31. The summed E-state index contributed by atoms with van der Waals surface area (Å²) in [7, 11) is 0. The fourth-order valence-electron chi connectivity index (χ4n) is 0. The van der Waals surface area contributed by atoms with Crippen molar-refractivity contribution in [2.24, 2.45) is 5.73 Å². The number of carboxylic acids is 1. The van der Waals surface area contributed by atoms with Crippen molar-refractivity contribution < 1.29 is 39.5 Å². The summed E-state index contributed by atoms with van der Waals surface area (Å²) in [5.41, 5.74) is 4.78. The number of carbonyl (C=O) groups excluding carboxylic acids is 1. The van der Waals surface area contributed by atoms with Crippen LogP contribution in [0.4, 0.5) is 0 Å². The Hall–Kier alpha value is 0.720. The first kappa shape index (κ1) is 11.5. The summed E-state index contributed by atoms with van der Waals surface area (Å²) in [6.45, 7) is 1.14. The zero-order valence-corrected chi connectivity index (χ0v) is 7.53. The minimum absolute atomic E-state index is 0. The molecule has 1 unspecified atom stereocenters. The van der Waals surface area contributed by atoms with E-state index in [0.717, 1.165) is 6.92 Å². The number of carboxylic acid groups (broad SMARTS) is 1. The standard InChI is InChI=1S/C3H6ClNO2.Na/c1-3(4,5)2(6)7;/h5H2,1H3,(H,6,7);/q;+1/p-1. The third kappa shape index (κ3) is 4.87. The van der Waals surface area contributed by atoms with Gasteiger partial charge in [-0.15, -0.1) is 0 Å². The molecule has 0 aromatic rings. The first-order valence-corrected chi connectivity index (χ1v) is 2.01. The predicted molar refractivity (Wildman–Crippen MR) is 23.5 cm³/mol. The topological polar surface area (TPSA) is 66.2 Å². The van der Waals surface area contributed by atoms with Crippen molar-refractivity contribution in [2.45, 2.75) is 11.9 Å². The molecule has 0 fully saturated rings. The molecule has 0 saturated heterocycles. The van der Waals surface area contributed by atoms with Crippen LogP contribution >= 0.6 is 11.6 Å². The van der Waals surface area contributed by atoms with Gasteiger partial charge in [0, 0.05) is 0 Å². The Bertz CT molecular complexity index is 89.8. The van der Waals surface area contributed by atoms with E-state index < -0.39 is 11.0 Å². The molecule has 0 aliphatic rings. The second-order valence-electron chi connectivity index (χ2n) is 1.36. The summed E-state index contributed by atoms with van der Waals surface area (Å²) in [5, 5.41) is 9.65. The SMILES string of the molecule is CC(N)(Cl)C(=O)[O-].[Na+]. The molecule has 2 N–H and O–H groups in total. The molecule has 0 heterocycles. The van der Waals surface area contributed by atoms with Crippen LogP contribution in [-0.2, 0) is 4.79 Å². The molecule has 0 amide bonds. The summed E-state index contributed by atoms with van der Waals surface area (Å²) < 4.78 is 0. The quantitative estimate of drug-likeness (QED) is 0.230. The molecule has 8 heavy (non-hydrogen) atoms. The van der Waals surface area contributed by atoms with Gasteiger partial charge in [0.2, 0.25) is 0 Å². The van der Waals surface area contributed by atoms with E-state index in [1.54, 1.807) is 0 Å². The van der Waals surface area contributed by atoms with Gasteiger partial charge < -0.3 is 15.6 Å². The van der Waals surface area contributed by atoms with Crippen molar-refractivity contribution in [2.75, 3.05) is 0 Å². The molecule has 0 rings (SSSR count). The Morgan fingerprint density at radius 3 is 2.00 bits per heavy atom. The van der Waals surface area contributed by atoms with Crippen LogP contribution in [0.1, 0.15) is 6.92 Å². The van der Waals surface area contributed by atoms with Gasteiger partial charge in [0.05, 0.1) is 5.97 Å². The van der Waals surface area contributed by atoms with Gasteiger partial charge in [-0.1, -0.05) is 11.6 Å². The number of halogens is 1. The van der Waals surface area contributed by atoms with E-state index in [1.165, 1.54) is 0 Å². The van der Waals surface area contributed by atoms with Crippen LogP contribution in [0.25, 0.3) is 0 Å². The molecule has 0 aliphatic carbocycles. The summed E-state index contributed by atoms with van der Waals surface area (Å²) in [6, 6.07) is 0. The van der Waals surface area contributed by atoms with Crippen molar-refractivity contribution in [3.8, 4) is 0 Å². The van der Waals surface area contributed by atoms with Crippen molar-refractivity contribution >= 4 is 17.6 Å². The van der Waals surface area contributed by atoms with Gasteiger partial charge in [0.15, 0.2) is 0 Å². The third-order valence-electron chi connectivity index (χ3n) is 0.399. The normalized spacial score (nSPS) is 15.9. The van der Waals surface area contributed by atoms with Crippen LogP contribution in [0.3, 0.4) is 0 Å². The summed E-state index contributed by atoms with van der Waals surface area (Å²) >= 11 is 4.98. The van der Waals surface area contributed by atoms with Crippen molar-refractivity contribution in [1.82, 2.24) is 0 Å². The van der Waals surface area contributed by atoms with E-state index in [0.29, 0.717) is 0 Å². The van der Waals surface area contributed by atoms with E-state index in [1.807, 2.05) is 0 Å². The molecule has 0 saturated carbocycles. The Labute approximate surface area is 74.5 Å². The van der Waals surface area contributed by atoms with Gasteiger partial charge in [-0.05, 0) is 6.92 Å². The molecule has 0 aliphatic heterocycles. The Balaban J connectivity index is 0. The molecule has 0 aromatic heterocycles. The molecule has 0 bridgehead atoms. The van der Waals surface area contributed by atoms with E-state index in [9.17, 15) is 9.90 Å². The smallest absolute Gasteiger partial charge is 0.547 e. The van der Waals surface area contributed by atoms with Crippen molar-refractivity contribution in [3.05, 3.63) is 0 Å². The third-order valence-corrected chi connectivity index (χ3v) is 0.553. The van der Waals surface area contributed by atoms with Crippen LogP contribution in [0, 0.1) is 0 Å². The fourth-order valence-corrected chi connectivity index (χ4v) is 0. The van der Waals surface area contributed by atoms with Crippen molar-refractivity contribution in [1.29, 1.82) is 0 Å². The molecule has 0 aromatic carbocycles. The zero-order chi connectivity index (χ0) is 6.08. The Morgan fingerprint density at radius 2 is 2.00 bits per heavy atom. The van der Waals surface area contributed by atoms with Gasteiger partial charge in [-0.3, -0.25) is 0 Å². The number of hydrogen-bond donors (Lipinski definition) is 1. The number of carbonyl (C=O) groups is 1. The molecule has 1 atom stereocenters. The summed E-state index contributed by atoms with van der Waals surface area (Å²) in [4.78, 5) is 7.93. The predicted octanol–water partition coefficient (Wildman–Crippen LogP) is -4.35. The molecule has 3 nitrogen and oxygen atoms in total. The largest absolute Gasteiger partial charge is 1.00 e. The average molecular weight is 146 g/mol. The maximum atomic E-state index is 9.65. The molecule has 0 spiro atoms. The van der Waals surface area contributed by atoms with E-state index in [4.69, 9.17) is 17.3 Å². The number of nitrogens with two attached hydrogens (primary N) is 1. The monoisotopic (exact) mass is 145 g/mol. The van der Waals surface area contributed by atoms with Gasteiger partial charge in [-0.25, -0.2) is 0 Å². The van der Waals surface area contributed by atoms with Gasteiger partial charge in [0.25, 0.3) is 0 Å². The van der Waals surface area contributed by atoms with Gasteiger partial charge >= 0.3 is 29.6 Å². The van der Waals surface area contributed by atoms with Crippen molar-refractivity contribution in [3.63, 3.8) is 0 Å². The van der Waals surface area contributed by atoms with E-state index >= 15 is 0 Å². The number of rotatable bonds is 1. The molecule has 5 heteroatoms. The maximum Gasteiger partial charge on any atom is 1.00 e. The van der Waals surface area contributed by atoms with Crippen LogP contribution in [0.2, 0.25) is 0 Å². The fraction of sp³-hybridized carbons (Fsp3) is 0.667. The first-order valence-electron chi connectivity index (χ1n) is 1.64. The number of hydrogen-bond acceptors (Lipinski definition) is 3. The van der Waals surface area contributed by atoms with Crippen LogP contribution < -0.4 is 40.4 Å². The Kier molecular flexibility index (Phi) is 5.31. The minimum Gasteiger partial charge on any atom is -0.547 e. The molecular weight excluding hydrogens is 140 g/mol. The maximum absolute atomic E-state index is 9.65. The first-order chi connectivity index (χ1) is 2.94. The van der Waals surface area contributed by atoms with Crippen LogP contribution in [0.5, 0.6) is 0 Å². The Morgan fingerprint density at radius 1 is 1.88 bits per heavy atom.